The zero-order valence-electron chi connectivity index (χ0n) is 36.0. The molecule has 0 bridgehead atoms. The molecule has 65 heavy (non-hydrogen) atoms. The Morgan fingerprint density at radius 2 is 1.14 bits per heavy atom. The highest BCUT2D eigenvalue weighted by atomic mass is 32.2. The van der Waals surface area contributed by atoms with Crippen LogP contribution in [0.5, 0.6) is 0 Å². The molecule has 11 nitrogen and oxygen atoms in total. The highest BCUT2D eigenvalue weighted by Gasteiger charge is 2.42. The third-order valence-electron chi connectivity index (χ3n) is 11.1. The fraction of sp³-hybridized carbons (Fsp3) is 0.216. The van der Waals surface area contributed by atoms with Crippen LogP contribution in [-0.2, 0) is 20.7 Å². The molecule has 0 radical (unpaired) electrons. The minimum Gasteiger partial charge on any atom is -0.465 e. The number of nitro groups is 1. The maximum atomic E-state index is 13.0. The second-order valence-electron chi connectivity index (χ2n) is 15.4. The fourth-order valence-electron chi connectivity index (χ4n) is 8.05. The number of thioether (sulfide) groups is 1. The molecule has 2 heterocycles. The predicted octanol–water partition coefficient (Wildman–Crippen LogP) is 7.21. The number of ether oxygens (including phenoxy) is 2. The molecular weight excluding hydrogens is 877 g/mol. The lowest BCUT2D eigenvalue weighted by molar-refractivity contribution is -0.384. The zero-order chi connectivity index (χ0) is 45.7. The second-order valence-corrected chi connectivity index (χ2v) is 21.0. The molecule has 6 aromatic rings. The van der Waals surface area contributed by atoms with Gasteiger partial charge in [-0.05, 0) is 79.0 Å². The quantitative estimate of drug-likeness (QED) is 0.0256. The van der Waals surface area contributed by atoms with Crippen molar-refractivity contribution in [2.75, 3.05) is 20.0 Å². The Hall–Kier alpha value is -6.19. The van der Waals surface area contributed by atoms with E-state index in [0.29, 0.717) is 34.5 Å². The lowest BCUT2D eigenvalue weighted by Gasteiger charge is -2.22. The number of nitrogens with one attached hydrogen (secondary N) is 2. The van der Waals surface area contributed by atoms with Crippen molar-refractivity contribution in [3.63, 3.8) is 0 Å². The number of rotatable bonds is 16. The van der Waals surface area contributed by atoms with E-state index in [1.54, 1.807) is 0 Å². The Morgan fingerprint density at radius 1 is 0.662 bits per heavy atom. The molecule has 0 spiro atoms. The Kier molecular flexibility index (Phi) is 16.3. The van der Waals surface area contributed by atoms with Gasteiger partial charge in [-0.3, -0.25) is 14.9 Å². The van der Waals surface area contributed by atoms with Gasteiger partial charge in [-0.15, -0.1) is 0 Å². The van der Waals surface area contributed by atoms with Crippen LogP contribution in [0.15, 0.2) is 158 Å². The number of esters is 2. The molecule has 2 amide bonds. The molecule has 2 saturated heterocycles. The zero-order valence-corrected chi connectivity index (χ0v) is 38.6. The van der Waals surface area contributed by atoms with Crippen LogP contribution in [0.3, 0.4) is 0 Å². The fourth-order valence-corrected chi connectivity index (χ4v) is 14.5. The number of amides is 2. The lowest BCUT2D eigenvalue weighted by Crippen LogP contribution is -2.36. The van der Waals surface area contributed by atoms with Crippen LogP contribution in [-0.4, -0.2) is 66.0 Å². The number of hydrogen-bond donors (Lipinski definition) is 2. The van der Waals surface area contributed by atoms with Crippen molar-refractivity contribution in [1.29, 1.82) is 0 Å². The number of non-ortho nitro benzene ring substituents is 1. The van der Waals surface area contributed by atoms with Crippen LogP contribution in [0.2, 0.25) is 0 Å². The highest BCUT2D eigenvalue weighted by Crippen LogP contribution is 2.37. The topological polar surface area (TPSA) is 154 Å². The van der Waals surface area contributed by atoms with Crippen LogP contribution in [0.4, 0.5) is 10.5 Å². The molecule has 8 rings (SSSR count). The number of urea groups is 1. The molecule has 332 valence electrons. The number of fused-ring (bicyclic) bond motifs is 1. The van der Waals surface area contributed by atoms with E-state index in [0.717, 1.165) is 57.1 Å². The first-order chi connectivity index (χ1) is 31.6. The van der Waals surface area contributed by atoms with Crippen LogP contribution in [0.1, 0.15) is 52.0 Å². The molecule has 0 saturated carbocycles. The summed E-state index contributed by atoms with van der Waals surface area (Å²) in [5.41, 5.74) is 1.74. The van der Waals surface area contributed by atoms with Crippen molar-refractivity contribution in [3.05, 3.63) is 185 Å². The van der Waals surface area contributed by atoms with Crippen molar-refractivity contribution in [2.45, 2.75) is 49.4 Å². The number of ketones is 1. The molecule has 3 atom stereocenters. The van der Waals surface area contributed by atoms with E-state index >= 15 is 0 Å². The summed E-state index contributed by atoms with van der Waals surface area (Å²) in [5, 5.41) is 23.5. The third-order valence-corrected chi connectivity index (χ3v) is 17.6. The van der Waals surface area contributed by atoms with Gasteiger partial charge in [0.05, 0.1) is 42.4 Å². The summed E-state index contributed by atoms with van der Waals surface area (Å²) < 4.78 is 10.0. The van der Waals surface area contributed by atoms with Crippen molar-refractivity contribution in [2.24, 2.45) is 0 Å². The van der Waals surface area contributed by atoms with Crippen molar-refractivity contribution >= 4 is 88.9 Å². The normalized spacial score (nSPS) is 16.1. The summed E-state index contributed by atoms with van der Waals surface area (Å²) in [6.45, 7) is 0. The Morgan fingerprint density at radius 3 is 1.62 bits per heavy atom. The van der Waals surface area contributed by atoms with Gasteiger partial charge in [-0.2, -0.15) is 11.8 Å². The molecule has 2 aliphatic heterocycles. The van der Waals surface area contributed by atoms with E-state index < -0.39 is 26.7 Å². The van der Waals surface area contributed by atoms with Gasteiger partial charge in [0.25, 0.3) is 5.69 Å². The highest BCUT2D eigenvalue weighted by molar-refractivity contribution is 8.00. The number of carbonyl (C=O) groups is 4. The minimum absolute atomic E-state index is 0.0491. The number of nitrogens with zero attached hydrogens (tertiary/aromatic N) is 1. The Balaban J connectivity index is 0.000000210. The van der Waals surface area contributed by atoms with Gasteiger partial charge < -0.3 is 20.1 Å². The average Bonchev–Trinajstić information content (AvgIpc) is 3.90. The summed E-state index contributed by atoms with van der Waals surface area (Å²) >= 11 is 1.91. The van der Waals surface area contributed by atoms with E-state index in [1.807, 2.05) is 127 Å². The number of benzene rings is 6. The lowest BCUT2D eigenvalue weighted by atomic mass is 10.00. The summed E-state index contributed by atoms with van der Waals surface area (Å²) in [5.74, 6) is 0.270. The van der Waals surface area contributed by atoms with Gasteiger partial charge in [0.15, 0.2) is 0 Å². The second kappa shape index (κ2) is 22.6. The molecule has 0 aromatic heterocycles. The van der Waals surface area contributed by atoms with Crippen molar-refractivity contribution in [3.8, 4) is 0 Å². The van der Waals surface area contributed by atoms with Gasteiger partial charge in [0, 0.05) is 41.3 Å². The Labute approximate surface area is 385 Å². The summed E-state index contributed by atoms with van der Waals surface area (Å²) in [6.07, 6.45) is 3.66. The summed E-state index contributed by atoms with van der Waals surface area (Å²) in [7, 11) is 0.534. The largest absolute Gasteiger partial charge is 0.465 e. The third kappa shape index (κ3) is 11.7. The van der Waals surface area contributed by atoms with Gasteiger partial charge in [0.1, 0.15) is 5.78 Å². The molecule has 2 fully saturated rings. The van der Waals surface area contributed by atoms with Crippen molar-refractivity contribution in [1.82, 2.24) is 10.6 Å². The van der Waals surface area contributed by atoms with E-state index in [-0.39, 0.29) is 35.6 Å². The first-order valence-corrected chi connectivity index (χ1v) is 25.0. The van der Waals surface area contributed by atoms with Crippen LogP contribution >= 0.6 is 27.6 Å². The SMILES string of the molecule is COC(=O)c1ccc(CC(=O)CCCC[C@H]2SCC3NC(=O)NC32)cc1P(c1ccccc1)c1ccccc1.COC(=O)c1ccc([N+](=O)[O-])cc1P(c1ccccc1)c1ccccc1. The maximum Gasteiger partial charge on any atom is 0.338 e. The smallest absolute Gasteiger partial charge is 0.338 e. The van der Waals surface area contributed by atoms with Crippen molar-refractivity contribution < 1.29 is 33.6 Å². The van der Waals surface area contributed by atoms with E-state index in [4.69, 9.17) is 9.47 Å². The molecule has 6 aromatic carbocycles. The average molecular weight is 926 g/mol. The number of Topliss-reactive ketones (excluding diaryl/α,β-unsaturated/α-hetero) is 1. The number of hydrogen-bond acceptors (Lipinski definition) is 9. The first kappa shape index (κ1) is 46.8. The standard InChI is InChI=1S/C31H33N2O4PS.C20H16NO4P/c1-37-30(35)25-17-16-21(18-22(34)10-8-9-15-28-29-26(20-39-28)32-31(36)33-29)19-27(25)38(23-11-4-2-5-12-23)24-13-6-3-7-14-24;1-25-20(22)18-13-12-15(21(23)24)14-19(18)26(16-8-4-2-5-9-16)17-10-6-3-7-11-17/h2-7,11-14,16-17,19,26,28-29H,8-10,15,18,20H2,1H3,(H2,32,33,36);2-14H,1H3/t26?,28-,29?;/m1./s1. The van der Waals surface area contributed by atoms with Gasteiger partial charge in [-0.25, -0.2) is 14.4 Å². The first-order valence-electron chi connectivity index (χ1n) is 21.2. The van der Waals surface area contributed by atoms with E-state index in [1.165, 1.54) is 32.4 Å². The number of carbonyl (C=O) groups excluding carboxylic acids is 4. The van der Waals surface area contributed by atoms with Crippen LogP contribution in [0, 0.1) is 10.1 Å². The van der Waals surface area contributed by atoms with Gasteiger partial charge >= 0.3 is 18.0 Å². The number of nitro benzene ring substituents is 1. The van der Waals surface area contributed by atoms with E-state index in [9.17, 15) is 29.3 Å². The minimum atomic E-state index is -1.15. The molecule has 14 heteroatoms. The monoisotopic (exact) mass is 925 g/mol. The Bertz CT molecular complexity index is 2530. The van der Waals surface area contributed by atoms with Gasteiger partial charge in [0.2, 0.25) is 0 Å². The van der Waals surface area contributed by atoms with Crippen LogP contribution in [0.25, 0.3) is 0 Å². The maximum absolute atomic E-state index is 13.0. The van der Waals surface area contributed by atoms with E-state index in [2.05, 4.69) is 34.9 Å². The van der Waals surface area contributed by atoms with Gasteiger partial charge in [-0.1, -0.05) is 134 Å². The molecule has 2 unspecified atom stereocenters. The summed E-state index contributed by atoms with van der Waals surface area (Å²) in [6, 6.07) is 50.2. The molecule has 0 aliphatic carbocycles. The molecular formula is C51H49N3O8P2S. The molecule has 2 N–H and O–H groups in total. The number of methoxy groups -OCH3 is 2. The molecule has 2 aliphatic rings. The summed E-state index contributed by atoms with van der Waals surface area (Å²) in [4.78, 5) is 60.5. The predicted molar refractivity (Wildman–Crippen MR) is 262 cm³/mol. The number of unbranched alkanes of at least 4 members (excludes halogenated alkanes) is 1. The van der Waals surface area contributed by atoms with Crippen LogP contribution < -0.4 is 42.5 Å².